The zero-order valence-corrected chi connectivity index (χ0v) is 9.04. The second-order valence-corrected chi connectivity index (χ2v) is 4.62. The number of benzene rings is 1. The Balaban J connectivity index is 2.06. The molecule has 1 saturated carbocycles. The monoisotopic (exact) mass is 218 g/mol. The van der Waals surface area contributed by atoms with Crippen LogP contribution in [0.3, 0.4) is 0 Å². The molecule has 1 aliphatic carbocycles. The Hall–Kier alpha value is -1.35. The maximum absolute atomic E-state index is 13.5. The summed E-state index contributed by atoms with van der Waals surface area (Å²) in [5.74, 6) is 0.367. The molecule has 0 saturated heterocycles. The average molecular weight is 218 g/mol. The molecule has 16 heavy (non-hydrogen) atoms. The van der Waals surface area contributed by atoms with Gasteiger partial charge in [0.15, 0.2) is 0 Å². The summed E-state index contributed by atoms with van der Waals surface area (Å²) in [5, 5.41) is 0.930. The molecule has 0 amide bonds. The number of rotatable bonds is 2. The summed E-state index contributed by atoms with van der Waals surface area (Å²) in [6, 6.07) is 5.19. The van der Waals surface area contributed by atoms with E-state index in [0.717, 1.165) is 10.9 Å². The lowest BCUT2D eigenvalue weighted by Gasteiger charge is -2.31. The Morgan fingerprint density at radius 1 is 1.38 bits per heavy atom. The van der Waals surface area contributed by atoms with Crippen molar-refractivity contribution in [3.63, 3.8) is 0 Å². The third kappa shape index (κ3) is 1.35. The van der Waals surface area contributed by atoms with Gasteiger partial charge in [0.1, 0.15) is 5.82 Å². The Kier molecular flexibility index (Phi) is 2.21. The first-order chi connectivity index (χ1) is 7.77. The van der Waals surface area contributed by atoms with E-state index >= 15 is 0 Å². The summed E-state index contributed by atoms with van der Waals surface area (Å²) >= 11 is 0. The predicted molar refractivity (Wildman–Crippen MR) is 62.5 cm³/mol. The number of hydrogen-bond donors (Lipinski definition) is 2. The van der Waals surface area contributed by atoms with Gasteiger partial charge in [-0.25, -0.2) is 4.39 Å². The number of para-hydroxylation sites is 1. The van der Waals surface area contributed by atoms with Crippen LogP contribution in [-0.2, 0) is 0 Å². The lowest BCUT2D eigenvalue weighted by molar-refractivity contribution is 0.265. The number of fused-ring (bicyclic) bond motifs is 1. The molecule has 0 spiro atoms. The van der Waals surface area contributed by atoms with E-state index in [9.17, 15) is 4.39 Å². The zero-order chi connectivity index (χ0) is 11.1. The lowest BCUT2D eigenvalue weighted by atomic mass is 9.77. The molecule has 1 fully saturated rings. The maximum Gasteiger partial charge on any atom is 0.147 e. The van der Waals surface area contributed by atoms with Crippen LogP contribution in [0.4, 0.5) is 4.39 Å². The van der Waals surface area contributed by atoms with Crippen molar-refractivity contribution in [1.82, 2.24) is 4.98 Å². The fraction of sp³-hybridized carbons (Fsp3) is 0.385. The molecule has 0 bridgehead atoms. The largest absolute Gasteiger partial charge is 0.358 e. The number of halogens is 1. The molecule has 1 atom stereocenters. The van der Waals surface area contributed by atoms with Gasteiger partial charge in [0, 0.05) is 17.6 Å². The molecule has 3 N–H and O–H groups in total. The topological polar surface area (TPSA) is 41.8 Å². The minimum Gasteiger partial charge on any atom is -0.358 e. The summed E-state index contributed by atoms with van der Waals surface area (Å²) in [4.78, 5) is 2.99. The van der Waals surface area contributed by atoms with Crippen molar-refractivity contribution >= 4 is 10.9 Å². The summed E-state index contributed by atoms with van der Waals surface area (Å²) in [6.45, 7) is 0. The third-order valence-corrected chi connectivity index (χ3v) is 3.71. The van der Waals surface area contributed by atoms with Gasteiger partial charge in [-0.05, 0) is 30.4 Å². The van der Waals surface area contributed by atoms with Gasteiger partial charge in [0.25, 0.3) is 0 Å². The quantitative estimate of drug-likeness (QED) is 0.799. The van der Waals surface area contributed by atoms with Gasteiger partial charge in [-0.15, -0.1) is 0 Å². The molecule has 1 aromatic carbocycles. The highest BCUT2D eigenvalue weighted by Gasteiger charge is 2.27. The van der Waals surface area contributed by atoms with Gasteiger partial charge in [-0.2, -0.15) is 0 Å². The van der Waals surface area contributed by atoms with Crippen LogP contribution < -0.4 is 5.73 Å². The minimum atomic E-state index is -0.204. The SMILES string of the molecule is NC(c1c[nH]c2c(F)cccc12)C1CCC1. The van der Waals surface area contributed by atoms with Gasteiger partial charge in [-0.1, -0.05) is 18.6 Å². The first-order valence-corrected chi connectivity index (χ1v) is 5.78. The Morgan fingerprint density at radius 2 is 2.19 bits per heavy atom. The van der Waals surface area contributed by atoms with Crippen LogP contribution in [0.2, 0.25) is 0 Å². The highest BCUT2D eigenvalue weighted by Crippen LogP contribution is 2.38. The highest BCUT2D eigenvalue weighted by molar-refractivity contribution is 5.84. The van der Waals surface area contributed by atoms with Gasteiger partial charge in [-0.3, -0.25) is 0 Å². The number of H-pyrrole nitrogens is 1. The van der Waals surface area contributed by atoms with E-state index in [0.29, 0.717) is 11.4 Å². The molecule has 2 aromatic rings. The minimum absolute atomic E-state index is 0.0456. The van der Waals surface area contributed by atoms with E-state index in [1.165, 1.54) is 25.3 Å². The van der Waals surface area contributed by atoms with E-state index in [1.54, 1.807) is 6.07 Å². The van der Waals surface area contributed by atoms with Crippen LogP contribution in [0.15, 0.2) is 24.4 Å². The van der Waals surface area contributed by atoms with Crippen LogP contribution in [-0.4, -0.2) is 4.98 Å². The van der Waals surface area contributed by atoms with Crippen molar-refractivity contribution < 1.29 is 4.39 Å². The van der Waals surface area contributed by atoms with E-state index < -0.39 is 0 Å². The standard InChI is InChI=1S/C13H15FN2/c14-11-6-2-5-9-10(7-16-13(9)11)12(15)8-3-1-4-8/h2,5-8,12,16H,1,3-4,15H2. The Labute approximate surface area is 93.6 Å². The molecule has 84 valence electrons. The van der Waals surface area contributed by atoms with E-state index in [-0.39, 0.29) is 11.9 Å². The molecule has 0 aliphatic heterocycles. The van der Waals surface area contributed by atoms with Crippen LogP contribution in [0.5, 0.6) is 0 Å². The van der Waals surface area contributed by atoms with Crippen molar-refractivity contribution in [2.45, 2.75) is 25.3 Å². The molecule has 3 heteroatoms. The van der Waals surface area contributed by atoms with Crippen molar-refractivity contribution in [1.29, 1.82) is 0 Å². The number of nitrogens with two attached hydrogens (primary N) is 1. The zero-order valence-electron chi connectivity index (χ0n) is 9.04. The van der Waals surface area contributed by atoms with Crippen LogP contribution in [0, 0.1) is 11.7 Å². The molecule has 3 rings (SSSR count). The summed E-state index contributed by atoms with van der Waals surface area (Å²) < 4.78 is 13.5. The van der Waals surface area contributed by atoms with Crippen molar-refractivity contribution in [2.75, 3.05) is 0 Å². The maximum atomic E-state index is 13.5. The van der Waals surface area contributed by atoms with Crippen LogP contribution in [0.25, 0.3) is 10.9 Å². The fourth-order valence-corrected chi connectivity index (χ4v) is 2.47. The molecule has 1 aliphatic rings. The number of aromatic amines is 1. The van der Waals surface area contributed by atoms with Gasteiger partial charge in [0.05, 0.1) is 5.52 Å². The van der Waals surface area contributed by atoms with Gasteiger partial charge in [0.2, 0.25) is 0 Å². The molecule has 2 nitrogen and oxygen atoms in total. The molecule has 1 aromatic heterocycles. The lowest BCUT2D eigenvalue weighted by Crippen LogP contribution is -2.26. The Morgan fingerprint density at radius 3 is 2.88 bits per heavy atom. The average Bonchev–Trinajstić information content (AvgIpc) is 2.59. The smallest absolute Gasteiger partial charge is 0.147 e. The number of nitrogens with one attached hydrogen (secondary N) is 1. The summed E-state index contributed by atoms with van der Waals surface area (Å²) in [7, 11) is 0. The van der Waals surface area contributed by atoms with Crippen molar-refractivity contribution in [3.05, 3.63) is 35.8 Å². The summed E-state index contributed by atoms with van der Waals surface area (Å²) in [5.41, 5.74) is 7.85. The van der Waals surface area contributed by atoms with E-state index in [1.807, 2.05) is 12.3 Å². The number of hydrogen-bond acceptors (Lipinski definition) is 1. The Bertz CT molecular complexity index is 514. The highest BCUT2D eigenvalue weighted by atomic mass is 19.1. The fourth-order valence-electron chi connectivity index (χ4n) is 2.47. The normalized spacial score (nSPS) is 18.6. The van der Waals surface area contributed by atoms with Gasteiger partial charge < -0.3 is 10.7 Å². The van der Waals surface area contributed by atoms with Crippen LogP contribution >= 0.6 is 0 Å². The van der Waals surface area contributed by atoms with Crippen LogP contribution in [0.1, 0.15) is 30.9 Å². The molecular weight excluding hydrogens is 203 g/mol. The van der Waals surface area contributed by atoms with E-state index in [2.05, 4.69) is 4.98 Å². The van der Waals surface area contributed by atoms with E-state index in [4.69, 9.17) is 5.73 Å². The summed E-state index contributed by atoms with van der Waals surface area (Å²) in [6.07, 6.45) is 5.53. The molecule has 0 radical (unpaired) electrons. The second kappa shape index (κ2) is 3.59. The third-order valence-electron chi connectivity index (χ3n) is 3.71. The van der Waals surface area contributed by atoms with Crippen molar-refractivity contribution in [3.8, 4) is 0 Å². The van der Waals surface area contributed by atoms with Gasteiger partial charge >= 0.3 is 0 Å². The first kappa shape index (κ1) is 9.85. The first-order valence-electron chi connectivity index (χ1n) is 5.78. The van der Waals surface area contributed by atoms with Crippen molar-refractivity contribution in [2.24, 2.45) is 11.7 Å². The molecule has 1 unspecified atom stereocenters. The predicted octanol–water partition coefficient (Wildman–Crippen LogP) is 3.11. The second-order valence-electron chi connectivity index (χ2n) is 4.62. The molecule has 1 heterocycles. The number of aromatic nitrogens is 1. The molecular formula is C13H15FN2.